The third-order valence-electron chi connectivity index (χ3n) is 3.77. The molecule has 102 valence electrons. The van der Waals surface area contributed by atoms with Crippen LogP contribution in [0.3, 0.4) is 0 Å². The van der Waals surface area contributed by atoms with Crippen LogP contribution in [0.25, 0.3) is 0 Å². The number of rotatable bonds is 6. The Hall–Kier alpha value is -1.78. The smallest absolute Gasteiger partial charge is 0.339 e. The van der Waals surface area contributed by atoms with Crippen LogP contribution in [0.15, 0.2) is 12.3 Å². The number of nitrogens with two attached hydrogens (primary N) is 1. The van der Waals surface area contributed by atoms with E-state index < -0.39 is 5.97 Å². The topological polar surface area (TPSA) is 79.5 Å². The molecule has 0 atom stereocenters. The maximum Gasteiger partial charge on any atom is 0.339 e. The molecule has 0 spiro atoms. The molecule has 1 aromatic rings. The summed E-state index contributed by atoms with van der Waals surface area (Å²) in [6.45, 7) is 1.85. The summed E-state index contributed by atoms with van der Waals surface area (Å²) in [4.78, 5) is 17.8. The van der Waals surface area contributed by atoms with Crippen molar-refractivity contribution < 1.29 is 9.90 Å². The van der Waals surface area contributed by atoms with Crippen molar-refractivity contribution in [1.29, 1.82) is 0 Å². The lowest BCUT2D eigenvalue weighted by molar-refractivity contribution is 0.0697. The monoisotopic (exact) mass is 261 g/mol. The SMILES string of the molecule is Nc1cnc(N(CC2CC2)CC2CC2)c(C(=O)O)c1. The highest BCUT2D eigenvalue weighted by Gasteiger charge is 2.31. The zero-order valence-corrected chi connectivity index (χ0v) is 10.9. The summed E-state index contributed by atoms with van der Waals surface area (Å²) in [5, 5.41) is 9.32. The second-order valence-electron chi connectivity index (χ2n) is 5.74. The van der Waals surface area contributed by atoms with Crippen LogP contribution >= 0.6 is 0 Å². The molecule has 5 heteroatoms. The summed E-state index contributed by atoms with van der Waals surface area (Å²) in [5.41, 5.74) is 6.27. The highest BCUT2D eigenvalue weighted by molar-refractivity contribution is 5.94. The predicted molar refractivity (Wildman–Crippen MR) is 73.3 cm³/mol. The minimum absolute atomic E-state index is 0.223. The first-order valence-corrected chi connectivity index (χ1v) is 6.87. The van der Waals surface area contributed by atoms with Gasteiger partial charge in [0.15, 0.2) is 0 Å². The van der Waals surface area contributed by atoms with Gasteiger partial charge in [-0.3, -0.25) is 0 Å². The van der Waals surface area contributed by atoms with Crippen molar-refractivity contribution in [1.82, 2.24) is 4.98 Å². The summed E-state index contributed by atoms with van der Waals surface area (Å²) in [6, 6.07) is 1.51. The number of hydrogen-bond acceptors (Lipinski definition) is 4. The van der Waals surface area contributed by atoms with Gasteiger partial charge in [-0.05, 0) is 43.6 Å². The summed E-state index contributed by atoms with van der Waals surface area (Å²) >= 11 is 0. The van der Waals surface area contributed by atoms with Gasteiger partial charge in [0.25, 0.3) is 0 Å². The van der Waals surface area contributed by atoms with Gasteiger partial charge >= 0.3 is 5.97 Å². The fourth-order valence-electron chi connectivity index (χ4n) is 2.35. The predicted octanol–water partition coefficient (Wildman–Crippen LogP) is 1.99. The molecular formula is C14H19N3O2. The quantitative estimate of drug-likeness (QED) is 0.818. The number of pyridine rings is 1. The Morgan fingerprint density at radius 2 is 1.89 bits per heavy atom. The number of aromatic carboxylic acids is 1. The van der Waals surface area contributed by atoms with E-state index in [4.69, 9.17) is 5.73 Å². The van der Waals surface area contributed by atoms with Crippen molar-refractivity contribution in [2.45, 2.75) is 25.7 Å². The fourth-order valence-corrected chi connectivity index (χ4v) is 2.35. The first-order valence-electron chi connectivity index (χ1n) is 6.87. The van der Waals surface area contributed by atoms with Gasteiger partial charge < -0.3 is 15.7 Å². The van der Waals surface area contributed by atoms with Crippen LogP contribution < -0.4 is 10.6 Å². The van der Waals surface area contributed by atoms with E-state index in [1.807, 2.05) is 0 Å². The van der Waals surface area contributed by atoms with Crippen molar-refractivity contribution in [3.8, 4) is 0 Å². The number of anilines is 2. The van der Waals surface area contributed by atoms with Gasteiger partial charge in [-0.2, -0.15) is 0 Å². The molecule has 2 fully saturated rings. The van der Waals surface area contributed by atoms with E-state index in [1.165, 1.54) is 31.7 Å². The van der Waals surface area contributed by atoms with Crippen LogP contribution in [0.2, 0.25) is 0 Å². The minimum atomic E-state index is -0.952. The maximum absolute atomic E-state index is 11.4. The number of nitrogen functional groups attached to an aromatic ring is 1. The van der Waals surface area contributed by atoms with Crippen molar-refractivity contribution in [3.63, 3.8) is 0 Å². The van der Waals surface area contributed by atoms with Gasteiger partial charge in [-0.25, -0.2) is 9.78 Å². The lowest BCUT2D eigenvalue weighted by Gasteiger charge is -2.25. The largest absolute Gasteiger partial charge is 0.478 e. The zero-order chi connectivity index (χ0) is 13.4. The molecule has 1 heterocycles. The number of hydrogen-bond donors (Lipinski definition) is 2. The first-order chi connectivity index (χ1) is 9.13. The Bertz CT molecular complexity index is 481. The van der Waals surface area contributed by atoms with Crippen molar-refractivity contribution in [2.75, 3.05) is 23.7 Å². The van der Waals surface area contributed by atoms with Gasteiger partial charge in [0.2, 0.25) is 0 Å². The van der Waals surface area contributed by atoms with Crippen LogP contribution in [-0.2, 0) is 0 Å². The third kappa shape index (κ3) is 2.97. The second-order valence-corrected chi connectivity index (χ2v) is 5.74. The molecule has 3 rings (SSSR count). The van der Waals surface area contributed by atoms with E-state index >= 15 is 0 Å². The molecule has 1 aromatic heterocycles. The van der Waals surface area contributed by atoms with E-state index in [1.54, 1.807) is 6.20 Å². The molecule has 2 aliphatic carbocycles. The maximum atomic E-state index is 11.4. The van der Waals surface area contributed by atoms with Crippen LogP contribution in [0.5, 0.6) is 0 Å². The molecule has 0 aromatic carbocycles. The number of carboxylic acids is 1. The lowest BCUT2D eigenvalue weighted by atomic mass is 10.2. The summed E-state index contributed by atoms with van der Waals surface area (Å²) < 4.78 is 0. The van der Waals surface area contributed by atoms with E-state index in [0.717, 1.165) is 13.1 Å². The molecule has 19 heavy (non-hydrogen) atoms. The molecule has 3 N–H and O–H groups in total. The number of nitrogens with zero attached hydrogens (tertiary/aromatic N) is 2. The van der Waals surface area contributed by atoms with E-state index in [-0.39, 0.29) is 5.56 Å². The van der Waals surface area contributed by atoms with Crippen molar-refractivity contribution >= 4 is 17.5 Å². The molecule has 0 bridgehead atoms. The fraction of sp³-hybridized carbons (Fsp3) is 0.571. The first kappa shape index (κ1) is 12.3. The third-order valence-corrected chi connectivity index (χ3v) is 3.77. The molecular weight excluding hydrogens is 242 g/mol. The molecule has 0 radical (unpaired) electrons. The van der Waals surface area contributed by atoms with Crippen LogP contribution in [-0.4, -0.2) is 29.1 Å². The summed E-state index contributed by atoms with van der Waals surface area (Å²) in [5.74, 6) is 1.05. The van der Waals surface area contributed by atoms with Gasteiger partial charge in [-0.15, -0.1) is 0 Å². The Labute approximate surface area is 112 Å². The highest BCUT2D eigenvalue weighted by atomic mass is 16.4. The van der Waals surface area contributed by atoms with Crippen molar-refractivity contribution in [3.05, 3.63) is 17.8 Å². The van der Waals surface area contributed by atoms with E-state index in [0.29, 0.717) is 23.3 Å². The highest BCUT2D eigenvalue weighted by Crippen LogP contribution is 2.36. The summed E-state index contributed by atoms with van der Waals surface area (Å²) in [7, 11) is 0. The average molecular weight is 261 g/mol. The number of carboxylic acid groups (broad SMARTS) is 1. The van der Waals surface area contributed by atoms with Crippen LogP contribution in [0.4, 0.5) is 11.5 Å². The molecule has 0 aliphatic heterocycles. The molecule has 5 nitrogen and oxygen atoms in total. The second kappa shape index (κ2) is 4.72. The standard InChI is InChI=1S/C14H19N3O2/c15-11-5-12(14(18)19)13(16-6-11)17(7-9-1-2-9)8-10-3-4-10/h5-6,9-10H,1-4,7-8,15H2,(H,18,19). The molecule has 2 saturated carbocycles. The Morgan fingerprint density at radius 1 is 1.32 bits per heavy atom. The van der Waals surface area contributed by atoms with Crippen LogP contribution in [0, 0.1) is 11.8 Å². The lowest BCUT2D eigenvalue weighted by Crippen LogP contribution is -2.30. The van der Waals surface area contributed by atoms with E-state index in [9.17, 15) is 9.90 Å². The van der Waals surface area contributed by atoms with Gasteiger partial charge in [0, 0.05) is 13.1 Å². The van der Waals surface area contributed by atoms with Gasteiger partial charge in [-0.1, -0.05) is 0 Å². The Balaban J connectivity index is 1.88. The zero-order valence-electron chi connectivity index (χ0n) is 10.9. The van der Waals surface area contributed by atoms with Gasteiger partial charge in [0.05, 0.1) is 11.9 Å². The average Bonchev–Trinajstić information content (AvgIpc) is 3.23. The number of aromatic nitrogens is 1. The van der Waals surface area contributed by atoms with Crippen LogP contribution in [0.1, 0.15) is 36.0 Å². The molecule has 0 amide bonds. The number of carbonyl (C=O) groups is 1. The molecule has 2 aliphatic rings. The summed E-state index contributed by atoms with van der Waals surface area (Å²) in [6.07, 6.45) is 6.54. The van der Waals surface area contributed by atoms with E-state index in [2.05, 4.69) is 9.88 Å². The van der Waals surface area contributed by atoms with Crippen molar-refractivity contribution in [2.24, 2.45) is 11.8 Å². The van der Waals surface area contributed by atoms with Gasteiger partial charge in [0.1, 0.15) is 11.4 Å². The normalized spacial score (nSPS) is 18.3. The minimum Gasteiger partial charge on any atom is -0.478 e. The molecule has 0 unspecified atom stereocenters. The molecule has 0 saturated heterocycles. The Kier molecular flexibility index (Phi) is 3.05. The Morgan fingerprint density at radius 3 is 2.37 bits per heavy atom.